The summed E-state index contributed by atoms with van der Waals surface area (Å²) in [6, 6.07) is 16.8. The van der Waals surface area contributed by atoms with Crippen LogP contribution in [0.3, 0.4) is 0 Å². The molecule has 0 atom stereocenters. The van der Waals surface area contributed by atoms with E-state index in [1.807, 2.05) is 36.4 Å². The van der Waals surface area contributed by atoms with Crippen LogP contribution in [-0.2, 0) is 0 Å². The Balaban J connectivity index is 1.69. The fourth-order valence-corrected chi connectivity index (χ4v) is 2.96. The molecular weight excluding hydrogens is 322 g/mol. The van der Waals surface area contributed by atoms with Gasteiger partial charge in [0.15, 0.2) is 5.01 Å². The molecule has 24 heavy (non-hydrogen) atoms. The van der Waals surface area contributed by atoms with E-state index in [9.17, 15) is 4.79 Å². The van der Waals surface area contributed by atoms with Gasteiger partial charge >= 0.3 is 0 Å². The Morgan fingerprint density at radius 1 is 1.00 bits per heavy atom. The number of fused-ring (bicyclic) bond motifs is 1. The zero-order valence-corrected chi connectivity index (χ0v) is 13.2. The van der Waals surface area contributed by atoms with Gasteiger partial charge in [0.05, 0.1) is 10.9 Å². The third-order valence-corrected chi connectivity index (χ3v) is 4.31. The van der Waals surface area contributed by atoms with Crippen LogP contribution in [0.15, 0.2) is 75.1 Å². The smallest absolute Gasteiger partial charge is 0.231 e. The largest absolute Gasteiger partial charge is 0.463 e. The molecule has 0 fully saturated rings. The molecule has 0 unspecified atom stereocenters. The summed E-state index contributed by atoms with van der Waals surface area (Å²) >= 11 is 1.25. The zero-order valence-electron chi connectivity index (χ0n) is 12.4. The highest BCUT2D eigenvalue weighted by atomic mass is 32.1. The number of aromatic nitrogens is 2. The standard InChI is InChI=1S/C18H11N3O2S/c22-16-13-8-4-5-9-15(13)23-11-14(16)17-20-21-18(24-17)19-10-12-6-2-1-3-7-12/h1-11H/b19-10-. The molecule has 6 heteroatoms. The molecule has 5 nitrogen and oxygen atoms in total. The molecule has 0 spiro atoms. The van der Waals surface area contributed by atoms with E-state index in [4.69, 9.17) is 4.42 Å². The van der Waals surface area contributed by atoms with Crippen LogP contribution in [0.25, 0.3) is 21.5 Å². The molecule has 0 aliphatic carbocycles. The molecular formula is C18H11N3O2S. The first kappa shape index (κ1) is 14.5. The van der Waals surface area contributed by atoms with Gasteiger partial charge in [0.2, 0.25) is 10.6 Å². The monoisotopic (exact) mass is 333 g/mol. The quantitative estimate of drug-likeness (QED) is 0.530. The van der Waals surface area contributed by atoms with Gasteiger partial charge in [-0.25, -0.2) is 4.99 Å². The molecule has 0 bridgehead atoms. The molecule has 0 saturated carbocycles. The Labute approximate surface area is 141 Å². The minimum atomic E-state index is -0.119. The molecule has 2 aromatic carbocycles. The van der Waals surface area contributed by atoms with Crippen molar-refractivity contribution in [2.45, 2.75) is 0 Å². The lowest BCUT2D eigenvalue weighted by Gasteiger charge is -1.97. The number of rotatable bonds is 3. The van der Waals surface area contributed by atoms with Crippen molar-refractivity contribution >= 4 is 33.7 Å². The second kappa shape index (κ2) is 6.17. The minimum Gasteiger partial charge on any atom is -0.463 e. The minimum absolute atomic E-state index is 0.119. The Morgan fingerprint density at radius 3 is 2.67 bits per heavy atom. The maximum Gasteiger partial charge on any atom is 0.231 e. The molecule has 4 aromatic rings. The number of benzene rings is 2. The van der Waals surface area contributed by atoms with Crippen LogP contribution in [0.2, 0.25) is 0 Å². The van der Waals surface area contributed by atoms with Crippen LogP contribution in [0.4, 0.5) is 5.13 Å². The Morgan fingerprint density at radius 2 is 1.79 bits per heavy atom. The van der Waals surface area contributed by atoms with Gasteiger partial charge in [0.1, 0.15) is 11.8 Å². The van der Waals surface area contributed by atoms with Crippen molar-refractivity contribution in [3.8, 4) is 10.6 Å². The highest BCUT2D eigenvalue weighted by molar-refractivity contribution is 7.18. The van der Waals surface area contributed by atoms with Crippen molar-refractivity contribution in [2.75, 3.05) is 0 Å². The third kappa shape index (κ3) is 2.75. The van der Waals surface area contributed by atoms with E-state index in [1.54, 1.807) is 24.4 Å². The van der Waals surface area contributed by atoms with Crippen LogP contribution < -0.4 is 5.43 Å². The van der Waals surface area contributed by atoms with Gasteiger partial charge in [0.25, 0.3) is 0 Å². The lowest BCUT2D eigenvalue weighted by atomic mass is 10.2. The van der Waals surface area contributed by atoms with Crippen molar-refractivity contribution in [3.63, 3.8) is 0 Å². The number of para-hydroxylation sites is 1. The summed E-state index contributed by atoms with van der Waals surface area (Å²) < 4.78 is 5.52. The van der Waals surface area contributed by atoms with Gasteiger partial charge < -0.3 is 4.42 Å². The fraction of sp³-hybridized carbons (Fsp3) is 0. The van der Waals surface area contributed by atoms with Crippen LogP contribution >= 0.6 is 11.3 Å². The number of hydrogen-bond acceptors (Lipinski definition) is 6. The van der Waals surface area contributed by atoms with E-state index in [0.29, 0.717) is 26.7 Å². The van der Waals surface area contributed by atoms with Crippen LogP contribution in [-0.4, -0.2) is 16.4 Å². The van der Waals surface area contributed by atoms with E-state index >= 15 is 0 Å². The SMILES string of the molecule is O=c1c(-c2nnc(/N=C\c3ccccc3)s2)coc2ccccc12. The van der Waals surface area contributed by atoms with Crippen molar-refractivity contribution in [1.29, 1.82) is 0 Å². The van der Waals surface area contributed by atoms with E-state index < -0.39 is 0 Å². The molecule has 0 aliphatic heterocycles. The Kier molecular flexibility index (Phi) is 3.72. The molecule has 4 rings (SSSR count). The first-order chi connectivity index (χ1) is 11.8. The van der Waals surface area contributed by atoms with Crippen molar-refractivity contribution in [3.05, 3.63) is 76.6 Å². The molecule has 0 N–H and O–H groups in total. The maximum atomic E-state index is 12.6. The summed E-state index contributed by atoms with van der Waals surface area (Å²) in [6.45, 7) is 0. The Bertz CT molecular complexity index is 1080. The second-order valence-corrected chi connectivity index (χ2v) is 5.99. The maximum absolute atomic E-state index is 12.6. The third-order valence-electron chi connectivity index (χ3n) is 3.45. The van der Waals surface area contributed by atoms with Crippen LogP contribution in [0.1, 0.15) is 5.56 Å². The summed E-state index contributed by atoms with van der Waals surface area (Å²) in [5.41, 5.74) is 1.80. The van der Waals surface area contributed by atoms with Gasteiger partial charge in [-0.2, -0.15) is 0 Å². The highest BCUT2D eigenvalue weighted by Gasteiger charge is 2.13. The fourth-order valence-electron chi connectivity index (χ4n) is 2.27. The first-order valence-corrected chi connectivity index (χ1v) is 8.06. The second-order valence-electron chi connectivity index (χ2n) is 5.03. The summed E-state index contributed by atoms with van der Waals surface area (Å²) in [5.74, 6) is 0. The molecule has 0 aliphatic rings. The van der Waals surface area contributed by atoms with E-state index in [1.165, 1.54) is 17.6 Å². The van der Waals surface area contributed by atoms with Gasteiger partial charge in [0, 0.05) is 6.21 Å². The average Bonchev–Trinajstić information content (AvgIpc) is 3.10. The van der Waals surface area contributed by atoms with Gasteiger partial charge in [-0.1, -0.05) is 53.8 Å². The normalized spacial score (nSPS) is 11.3. The van der Waals surface area contributed by atoms with E-state index in [2.05, 4.69) is 15.2 Å². The van der Waals surface area contributed by atoms with E-state index in [0.717, 1.165) is 5.56 Å². The van der Waals surface area contributed by atoms with Gasteiger partial charge in [-0.3, -0.25) is 4.79 Å². The van der Waals surface area contributed by atoms with Crippen LogP contribution in [0.5, 0.6) is 0 Å². The summed E-state index contributed by atoms with van der Waals surface area (Å²) in [4.78, 5) is 16.9. The predicted molar refractivity (Wildman–Crippen MR) is 95.1 cm³/mol. The lowest BCUT2D eigenvalue weighted by Crippen LogP contribution is -2.04. The topological polar surface area (TPSA) is 68.3 Å². The zero-order chi connectivity index (χ0) is 16.4. The summed E-state index contributed by atoms with van der Waals surface area (Å²) in [7, 11) is 0. The van der Waals surface area contributed by atoms with E-state index in [-0.39, 0.29) is 5.43 Å². The van der Waals surface area contributed by atoms with Crippen LogP contribution in [0, 0.1) is 0 Å². The average molecular weight is 333 g/mol. The highest BCUT2D eigenvalue weighted by Crippen LogP contribution is 2.27. The molecule has 0 radical (unpaired) electrons. The molecule has 0 saturated heterocycles. The number of hydrogen-bond donors (Lipinski definition) is 0. The summed E-state index contributed by atoms with van der Waals surface area (Å²) in [5, 5.41) is 9.59. The lowest BCUT2D eigenvalue weighted by molar-refractivity contribution is 0.604. The van der Waals surface area contributed by atoms with Gasteiger partial charge in [-0.15, -0.1) is 10.2 Å². The molecule has 2 heterocycles. The number of nitrogens with zero attached hydrogens (tertiary/aromatic N) is 3. The van der Waals surface area contributed by atoms with Crippen molar-refractivity contribution < 1.29 is 4.42 Å². The van der Waals surface area contributed by atoms with Gasteiger partial charge in [-0.05, 0) is 17.7 Å². The Hall–Kier alpha value is -3.12. The predicted octanol–water partition coefficient (Wildman–Crippen LogP) is 4.06. The molecule has 2 aromatic heterocycles. The summed E-state index contributed by atoms with van der Waals surface area (Å²) in [6.07, 6.45) is 3.14. The van der Waals surface area contributed by atoms with Crippen molar-refractivity contribution in [2.24, 2.45) is 4.99 Å². The number of aliphatic imine (C=N–C) groups is 1. The van der Waals surface area contributed by atoms with Crippen molar-refractivity contribution in [1.82, 2.24) is 10.2 Å². The molecule has 0 amide bonds. The molecule has 116 valence electrons. The first-order valence-electron chi connectivity index (χ1n) is 7.25.